The number of ether oxygens (including phenoxy) is 2. The van der Waals surface area contributed by atoms with E-state index in [4.69, 9.17) is 9.47 Å². The van der Waals surface area contributed by atoms with Gasteiger partial charge in [0, 0.05) is 32.8 Å². The lowest BCUT2D eigenvalue weighted by atomic mass is 10.2. The zero-order valence-electron chi connectivity index (χ0n) is 12.6. The largest absolute Gasteiger partial charge is 0.489 e. The molecule has 0 fully saturated rings. The summed E-state index contributed by atoms with van der Waals surface area (Å²) >= 11 is 0. The van der Waals surface area contributed by atoms with Gasteiger partial charge >= 0.3 is 0 Å². The third kappa shape index (κ3) is 7.91. The number of methoxy groups -OCH3 is 1. The number of hydrogen-bond acceptors (Lipinski definition) is 3. The van der Waals surface area contributed by atoms with Crippen molar-refractivity contribution in [1.82, 2.24) is 10.6 Å². The Balaban J connectivity index is 0.00000400. The van der Waals surface area contributed by atoms with Gasteiger partial charge in [-0.2, -0.15) is 0 Å². The van der Waals surface area contributed by atoms with Crippen molar-refractivity contribution in [3.05, 3.63) is 42.5 Å². The fourth-order valence-corrected chi connectivity index (χ4v) is 1.61. The molecule has 0 spiro atoms. The first-order valence-corrected chi connectivity index (χ1v) is 6.57. The molecule has 0 unspecified atom stereocenters. The van der Waals surface area contributed by atoms with E-state index in [1.807, 2.05) is 24.3 Å². The normalized spacial score (nSPS) is 10.5. The van der Waals surface area contributed by atoms with E-state index in [0.717, 1.165) is 17.3 Å². The Kier molecular flexibility index (Phi) is 11.7. The molecule has 1 rings (SSSR count). The van der Waals surface area contributed by atoms with Crippen LogP contribution in [0.1, 0.15) is 5.56 Å². The first kappa shape index (κ1) is 19.7. The van der Waals surface area contributed by atoms with Crippen LogP contribution < -0.4 is 15.4 Å². The molecule has 0 aliphatic heterocycles. The molecule has 0 heterocycles. The van der Waals surface area contributed by atoms with E-state index in [-0.39, 0.29) is 24.0 Å². The second kappa shape index (κ2) is 12.5. The Morgan fingerprint density at radius 2 is 2.10 bits per heavy atom. The second-order valence-corrected chi connectivity index (χ2v) is 4.05. The van der Waals surface area contributed by atoms with Gasteiger partial charge in [0.05, 0.1) is 6.61 Å². The van der Waals surface area contributed by atoms with Gasteiger partial charge in [-0.1, -0.05) is 30.9 Å². The average Bonchev–Trinajstić information content (AvgIpc) is 2.49. The van der Waals surface area contributed by atoms with E-state index in [1.54, 1.807) is 20.2 Å². The summed E-state index contributed by atoms with van der Waals surface area (Å²) in [6.07, 6.45) is 1.73. The van der Waals surface area contributed by atoms with Crippen molar-refractivity contribution >= 4 is 29.9 Å². The van der Waals surface area contributed by atoms with Gasteiger partial charge in [0.25, 0.3) is 0 Å². The van der Waals surface area contributed by atoms with E-state index in [2.05, 4.69) is 22.2 Å². The molecule has 0 saturated heterocycles. The molecule has 0 aliphatic carbocycles. The Morgan fingerprint density at radius 3 is 2.76 bits per heavy atom. The van der Waals surface area contributed by atoms with Crippen LogP contribution in [0, 0.1) is 0 Å². The number of nitrogens with zero attached hydrogens (tertiary/aromatic N) is 1. The summed E-state index contributed by atoms with van der Waals surface area (Å²) in [4.78, 5) is 4.15. The molecule has 5 nitrogen and oxygen atoms in total. The van der Waals surface area contributed by atoms with Gasteiger partial charge in [-0.05, 0) is 6.07 Å². The van der Waals surface area contributed by atoms with Crippen molar-refractivity contribution in [3.8, 4) is 5.75 Å². The Bertz CT molecular complexity index is 439. The van der Waals surface area contributed by atoms with E-state index >= 15 is 0 Å². The van der Waals surface area contributed by atoms with Crippen molar-refractivity contribution < 1.29 is 9.47 Å². The standard InChI is InChI=1S/C15H23N3O2.HI/c1-4-10-20-14-8-6-5-7-13(14)12-18-15(16-2)17-9-11-19-3;/h4-8H,1,9-12H2,2-3H3,(H2,16,17,18);1H. The summed E-state index contributed by atoms with van der Waals surface area (Å²) in [5, 5.41) is 6.40. The minimum Gasteiger partial charge on any atom is -0.489 e. The zero-order valence-corrected chi connectivity index (χ0v) is 14.9. The Hall–Kier alpha value is -1.28. The zero-order chi connectivity index (χ0) is 14.6. The van der Waals surface area contributed by atoms with Crippen molar-refractivity contribution in [1.29, 1.82) is 0 Å². The molecule has 0 aliphatic rings. The molecule has 0 amide bonds. The van der Waals surface area contributed by atoms with Gasteiger partial charge in [0.2, 0.25) is 0 Å². The average molecular weight is 405 g/mol. The highest BCUT2D eigenvalue weighted by molar-refractivity contribution is 14.0. The monoisotopic (exact) mass is 405 g/mol. The van der Waals surface area contributed by atoms with E-state index < -0.39 is 0 Å². The number of hydrogen-bond donors (Lipinski definition) is 2. The highest BCUT2D eigenvalue weighted by atomic mass is 127. The fraction of sp³-hybridized carbons (Fsp3) is 0.400. The van der Waals surface area contributed by atoms with E-state index in [9.17, 15) is 0 Å². The molecule has 0 radical (unpaired) electrons. The van der Waals surface area contributed by atoms with Gasteiger partial charge in [-0.3, -0.25) is 4.99 Å². The number of nitrogens with one attached hydrogen (secondary N) is 2. The van der Waals surface area contributed by atoms with Crippen LogP contribution in [0.2, 0.25) is 0 Å². The Labute approximate surface area is 143 Å². The number of para-hydroxylation sites is 1. The lowest BCUT2D eigenvalue weighted by molar-refractivity contribution is 0.203. The van der Waals surface area contributed by atoms with Crippen molar-refractivity contribution in [2.75, 3.05) is 33.9 Å². The summed E-state index contributed by atoms with van der Waals surface area (Å²) in [6.45, 7) is 6.14. The molecule has 0 atom stereocenters. The van der Waals surface area contributed by atoms with E-state index in [1.165, 1.54) is 0 Å². The van der Waals surface area contributed by atoms with Gasteiger partial charge < -0.3 is 20.1 Å². The van der Waals surface area contributed by atoms with Crippen molar-refractivity contribution in [2.24, 2.45) is 4.99 Å². The highest BCUT2D eigenvalue weighted by Gasteiger charge is 2.03. The third-order valence-corrected chi connectivity index (χ3v) is 2.60. The lowest BCUT2D eigenvalue weighted by Gasteiger charge is -2.14. The van der Waals surface area contributed by atoms with Crippen molar-refractivity contribution in [3.63, 3.8) is 0 Å². The molecule has 1 aromatic carbocycles. The fourth-order valence-electron chi connectivity index (χ4n) is 1.61. The molecule has 0 aromatic heterocycles. The van der Waals surface area contributed by atoms with Gasteiger partial charge in [0.1, 0.15) is 12.4 Å². The topological polar surface area (TPSA) is 54.9 Å². The lowest BCUT2D eigenvalue weighted by Crippen LogP contribution is -2.38. The molecule has 1 aromatic rings. The van der Waals surface area contributed by atoms with Crippen LogP contribution in [0.4, 0.5) is 0 Å². The maximum absolute atomic E-state index is 5.61. The summed E-state index contributed by atoms with van der Waals surface area (Å²) in [5.74, 6) is 1.59. The highest BCUT2D eigenvalue weighted by Crippen LogP contribution is 2.17. The quantitative estimate of drug-likeness (QED) is 0.229. The Morgan fingerprint density at radius 1 is 1.33 bits per heavy atom. The SMILES string of the molecule is C=CCOc1ccccc1CNC(=NC)NCCOC.I. The summed E-state index contributed by atoms with van der Waals surface area (Å²) < 4.78 is 10.6. The van der Waals surface area contributed by atoms with Crippen molar-refractivity contribution in [2.45, 2.75) is 6.54 Å². The minimum absolute atomic E-state index is 0. The number of guanidine groups is 1. The number of benzene rings is 1. The maximum Gasteiger partial charge on any atom is 0.191 e. The molecule has 0 bridgehead atoms. The first-order valence-electron chi connectivity index (χ1n) is 6.57. The van der Waals surface area contributed by atoms with Crippen LogP contribution in [-0.4, -0.2) is 39.9 Å². The summed E-state index contributed by atoms with van der Waals surface area (Å²) in [7, 11) is 3.41. The van der Waals surface area contributed by atoms with Gasteiger partial charge in [0.15, 0.2) is 5.96 Å². The summed E-state index contributed by atoms with van der Waals surface area (Å²) in [5.41, 5.74) is 1.07. The molecule has 0 saturated carbocycles. The van der Waals surface area contributed by atoms with Crippen LogP contribution in [0.25, 0.3) is 0 Å². The van der Waals surface area contributed by atoms with Gasteiger partial charge in [-0.15, -0.1) is 24.0 Å². The number of rotatable bonds is 8. The number of aliphatic imine (C=N–C) groups is 1. The first-order chi connectivity index (χ1) is 9.81. The minimum atomic E-state index is 0. The van der Waals surface area contributed by atoms with Gasteiger partial charge in [-0.25, -0.2) is 0 Å². The summed E-state index contributed by atoms with van der Waals surface area (Å²) in [6, 6.07) is 7.90. The van der Waals surface area contributed by atoms with Crippen LogP contribution in [0.3, 0.4) is 0 Å². The maximum atomic E-state index is 5.61. The molecule has 6 heteroatoms. The van der Waals surface area contributed by atoms with Crippen LogP contribution in [-0.2, 0) is 11.3 Å². The number of halogens is 1. The second-order valence-electron chi connectivity index (χ2n) is 4.05. The van der Waals surface area contributed by atoms with Crippen LogP contribution in [0.15, 0.2) is 41.9 Å². The van der Waals surface area contributed by atoms with E-state index in [0.29, 0.717) is 26.3 Å². The third-order valence-electron chi connectivity index (χ3n) is 2.60. The molecule has 118 valence electrons. The molecular formula is C15H24IN3O2. The predicted octanol–water partition coefficient (Wildman–Crippen LogP) is 2.18. The molecule has 2 N–H and O–H groups in total. The smallest absolute Gasteiger partial charge is 0.191 e. The molecule has 21 heavy (non-hydrogen) atoms. The van der Waals surface area contributed by atoms with Crippen LogP contribution in [0.5, 0.6) is 5.75 Å². The predicted molar refractivity (Wildman–Crippen MR) is 97.6 cm³/mol. The molecular weight excluding hydrogens is 381 g/mol. The van der Waals surface area contributed by atoms with Crippen LogP contribution >= 0.6 is 24.0 Å².